The van der Waals surface area contributed by atoms with E-state index in [0.717, 1.165) is 24.3 Å². The molecule has 21 heavy (non-hydrogen) atoms. The van der Waals surface area contributed by atoms with Crippen LogP contribution >= 0.6 is 0 Å². The molecule has 1 aliphatic heterocycles. The molecule has 0 fully saturated rings. The van der Waals surface area contributed by atoms with Gasteiger partial charge in [0.15, 0.2) is 0 Å². The molecule has 0 saturated heterocycles. The van der Waals surface area contributed by atoms with Gasteiger partial charge in [-0.05, 0) is 23.1 Å². The second-order valence-corrected chi connectivity index (χ2v) is 5.56. The third-order valence-corrected chi connectivity index (χ3v) is 3.85. The highest BCUT2D eigenvalue weighted by Crippen LogP contribution is 2.23. The second-order valence-electron chi connectivity index (χ2n) is 5.56. The predicted octanol–water partition coefficient (Wildman–Crippen LogP) is 4.82. The molecule has 0 spiro atoms. The van der Waals surface area contributed by atoms with Gasteiger partial charge < -0.3 is 4.84 Å². The fourth-order valence-electron chi connectivity index (χ4n) is 2.50. The summed E-state index contributed by atoms with van der Waals surface area (Å²) in [4.78, 5) is 5.26. The Kier molecular flexibility index (Phi) is 3.87. The second kappa shape index (κ2) is 5.96. The van der Waals surface area contributed by atoms with Crippen molar-refractivity contribution in [2.75, 3.05) is 0 Å². The van der Waals surface area contributed by atoms with Gasteiger partial charge in [0.1, 0.15) is 5.76 Å². The van der Waals surface area contributed by atoms with Crippen molar-refractivity contribution in [1.29, 1.82) is 0 Å². The Bertz CT molecular complexity index is 656. The zero-order chi connectivity index (χ0) is 14.7. The third-order valence-electron chi connectivity index (χ3n) is 3.85. The molecule has 0 N–H and O–H groups in total. The van der Waals surface area contributed by atoms with Crippen molar-refractivity contribution >= 4 is 5.71 Å². The van der Waals surface area contributed by atoms with Crippen LogP contribution in [0.1, 0.15) is 18.9 Å². The molecule has 0 radical (unpaired) electrons. The van der Waals surface area contributed by atoms with Crippen LogP contribution in [0.15, 0.2) is 72.1 Å². The lowest BCUT2D eigenvalue weighted by atomic mass is 9.96. The maximum atomic E-state index is 5.26. The fraction of sp³-hybridized carbons (Fsp3) is 0.211. The molecule has 1 unspecified atom stereocenters. The lowest BCUT2D eigenvalue weighted by Gasteiger charge is -2.19. The minimum absolute atomic E-state index is 0.348. The summed E-state index contributed by atoms with van der Waals surface area (Å²) in [7, 11) is 0. The molecule has 2 heteroatoms. The lowest BCUT2D eigenvalue weighted by Crippen LogP contribution is -2.16. The molecule has 2 aromatic rings. The van der Waals surface area contributed by atoms with Crippen LogP contribution in [0.5, 0.6) is 0 Å². The van der Waals surface area contributed by atoms with Crippen LogP contribution in [0.25, 0.3) is 11.1 Å². The molecular weight excluding hydrogens is 258 g/mol. The molecule has 0 aliphatic carbocycles. The summed E-state index contributed by atoms with van der Waals surface area (Å²) in [6.07, 6.45) is 1.77. The Balaban J connectivity index is 1.72. The van der Waals surface area contributed by atoms with Gasteiger partial charge >= 0.3 is 0 Å². The Morgan fingerprint density at radius 3 is 2.38 bits per heavy atom. The third kappa shape index (κ3) is 3.22. The number of allylic oxidation sites excluding steroid dienone is 1. The van der Waals surface area contributed by atoms with Crippen molar-refractivity contribution in [2.24, 2.45) is 11.1 Å². The highest BCUT2D eigenvalue weighted by Gasteiger charge is 2.18. The van der Waals surface area contributed by atoms with Gasteiger partial charge in [0, 0.05) is 12.3 Å². The first-order valence-corrected chi connectivity index (χ1v) is 7.28. The van der Waals surface area contributed by atoms with E-state index in [0.29, 0.717) is 5.92 Å². The summed E-state index contributed by atoms with van der Waals surface area (Å²) < 4.78 is 0. The molecular formula is C19H19NO. The van der Waals surface area contributed by atoms with Crippen LogP contribution < -0.4 is 0 Å². The fourth-order valence-corrected chi connectivity index (χ4v) is 2.50. The zero-order valence-electron chi connectivity index (χ0n) is 12.3. The van der Waals surface area contributed by atoms with Gasteiger partial charge in [-0.2, -0.15) is 0 Å². The predicted molar refractivity (Wildman–Crippen MR) is 87.0 cm³/mol. The largest absolute Gasteiger partial charge is 0.362 e. The zero-order valence-corrected chi connectivity index (χ0v) is 12.3. The van der Waals surface area contributed by atoms with Crippen LogP contribution in [0.3, 0.4) is 0 Å². The van der Waals surface area contributed by atoms with Gasteiger partial charge in [-0.3, -0.25) is 0 Å². The maximum absolute atomic E-state index is 5.26. The average Bonchev–Trinajstić information content (AvgIpc) is 2.53. The first-order chi connectivity index (χ1) is 10.2. The molecule has 0 amide bonds. The van der Waals surface area contributed by atoms with E-state index in [1.54, 1.807) is 0 Å². The monoisotopic (exact) mass is 277 g/mol. The van der Waals surface area contributed by atoms with Crippen LogP contribution in [0.4, 0.5) is 0 Å². The molecule has 1 aliphatic rings. The highest BCUT2D eigenvalue weighted by atomic mass is 16.6. The Hall–Kier alpha value is -2.35. The Morgan fingerprint density at radius 1 is 1.05 bits per heavy atom. The molecule has 0 aromatic heterocycles. The molecule has 1 heterocycles. The lowest BCUT2D eigenvalue weighted by molar-refractivity contribution is 0.180. The van der Waals surface area contributed by atoms with Gasteiger partial charge in [-0.1, -0.05) is 73.3 Å². The molecule has 2 aromatic carbocycles. The number of benzene rings is 2. The summed E-state index contributed by atoms with van der Waals surface area (Å²) in [5.41, 5.74) is 4.83. The molecule has 106 valence electrons. The normalized spacial score (nSPS) is 18.0. The summed E-state index contributed by atoms with van der Waals surface area (Å²) >= 11 is 0. The van der Waals surface area contributed by atoms with Crippen molar-refractivity contribution < 1.29 is 4.84 Å². The number of hydrogen-bond acceptors (Lipinski definition) is 2. The van der Waals surface area contributed by atoms with Crippen molar-refractivity contribution in [1.82, 2.24) is 0 Å². The summed E-state index contributed by atoms with van der Waals surface area (Å²) in [6, 6.07) is 19.1. The average molecular weight is 277 g/mol. The van der Waals surface area contributed by atoms with Crippen molar-refractivity contribution in [3.63, 3.8) is 0 Å². The standard InChI is InChI=1S/C19H19NO/c1-14-12-19(20-21-15(14)2)13-16-8-10-18(11-9-16)17-6-4-3-5-7-17/h3-11,14H,2,12-13H2,1H3. The number of nitrogens with zero attached hydrogens (tertiary/aromatic N) is 1. The van der Waals surface area contributed by atoms with E-state index in [9.17, 15) is 0 Å². The molecule has 3 rings (SSSR count). The van der Waals surface area contributed by atoms with Gasteiger partial charge in [-0.15, -0.1) is 0 Å². The summed E-state index contributed by atoms with van der Waals surface area (Å²) in [5.74, 6) is 1.11. The van der Waals surface area contributed by atoms with Crippen LogP contribution in [0.2, 0.25) is 0 Å². The van der Waals surface area contributed by atoms with Gasteiger partial charge in [-0.25, -0.2) is 0 Å². The van der Waals surface area contributed by atoms with E-state index in [4.69, 9.17) is 4.84 Å². The molecule has 0 saturated carbocycles. The highest BCUT2D eigenvalue weighted by molar-refractivity contribution is 5.87. The molecule has 1 atom stereocenters. The minimum Gasteiger partial charge on any atom is -0.362 e. The number of hydrogen-bond donors (Lipinski definition) is 0. The van der Waals surface area contributed by atoms with Gasteiger partial charge in [0.2, 0.25) is 0 Å². The van der Waals surface area contributed by atoms with Crippen molar-refractivity contribution in [3.8, 4) is 11.1 Å². The summed E-state index contributed by atoms with van der Waals surface area (Å²) in [6.45, 7) is 5.97. The SMILES string of the molecule is C=C1ON=C(Cc2ccc(-c3ccccc3)cc2)CC1C. The quantitative estimate of drug-likeness (QED) is 0.788. The van der Waals surface area contributed by atoms with Crippen molar-refractivity contribution in [2.45, 2.75) is 19.8 Å². The van der Waals surface area contributed by atoms with Crippen molar-refractivity contribution in [3.05, 3.63) is 72.5 Å². The van der Waals surface area contributed by atoms with Gasteiger partial charge in [0.25, 0.3) is 0 Å². The number of rotatable bonds is 3. The van der Waals surface area contributed by atoms with Gasteiger partial charge in [0.05, 0.1) is 5.71 Å². The van der Waals surface area contributed by atoms with E-state index in [1.807, 2.05) is 6.07 Å². The van der Waals surface area contributed by atoms with E-state index in [2.05, 4.69) is 67.2 Å². The first kappa shape index (κ1) is 13.6. The summed E-state index contributed by atoms with van der Waals surface area (Å²) in [5, 5.41) is 4.15. The first-order valence-electron chi connectivity index (χ1n) is 7.28. The Morgan fingerprint density at radius 2 is 1.71 bits per heavy atom. The van der Waals surface area contributed by atoms with Crippen LogP contribution in [-0.2, 0) is 11.3 Å². The molecule has 2 nitrogen and oxygen atoms in total. The molecule has 0 bridgehead atoms. The van der Waals surface area contributed by atoms with E-state index >= 15 is 0 Å². The smallest absolute Gasteiger partial charge is 0.131 e. The maximum Gasteiger partial charge on any atom is 0.131 e. The van der Waals surface area contributed by atoms with E-state index < -0.39 is 0 Å². The topological polar surface area (TPSA) is 21.6 Å². The van der Waals surface area contributed by atoms with E-state index in [1.165, 1.54) is 16.7 Å². The van der Waals surface area contributed by atoms with E-state index in [-0.39, 0.29) is 0 Å². The number of oxime groups is 1. The van der Waals surface area contributed by atoms with Crippen LogP contribution in [0, 0.1) is 5.92 Å². The minimum atomic E-state index is 0.348. The van der Waals surface area contributed by atoms with Crippen LogP contribution in [-0.4, -0.2) is 5.71 Å². The Labute approximate surface area is 125 Å².